The third-order valence-electron chi connectivity index (χ3n) is 5.03. The van der Waals surface area contributed by atoms with E-state index in [2.05, 4.69) is 16.7 Å². The van der Waals surface area contributed by atoms with E-state index in [1.54, 1.807) is 0 Å². The molecule has 0 saturated heterocycles. The molecule has 1 unspecified atom stereocenters. The molecule has 0 spiro atoms. The first-order valence-electron chi connectivity index (χ1n) is 11.1. The van der Waals surface area contributed by atoms with Crippen LogP contribution in [-0.2, 0) is 9.53 Å². The van der Waals surface area contributed by atoms with Gasteiger partial charge in [-0.3, -0.25) is 0 Å². The standard InChI is InChI=1S/C26H32AsN3O3/c1-7-20(18-14-10-8-11-15-18)23(31)28-22-21(24(32)33-26(2,3)4)30(25(29-22)27(5)6)19-16-12-9-13-17-19/h8-17,20H,7H2,1-6H3,(H,28,31). The van der Waals surface area contributed by atoms with Crippen molar-refractivity contribution in [2.45, 2.75) is 57.1 Å². The van der Waals surface area contributed by atoms with E-state index in [1.165, 1.54) is 0 Å². The van der Waals surface area contributed by atoms with Crippen molar-refractivity contribution in [1.82, 2.24) is 9.55 Å². The molecule has 0 radical (unpaired) electrons. The maximum absolute atomic E-state index is 13.4. The van der Waals surface area contributed by atoms with E-state index in [9.17, 15) is 9.59 Å². The number of hydrogen-bond donors (Lipinski definition) is 1. The number of esters is 1. The van der Waals surface area contributed by atoms with Crippen molar-refractivity contribution in [1.29, 1.82) is 0 Å². The summed E-state index contributed by atoms with van der Waals surface area (Å²) in [5, 5.41) is 2.96. The van der Waals surface area contributed by atoms with E-state index in [0.29, 0.717) is 6.42 Å². The van der Waals surface area contributed by atoms with Gasteiger partial charge >= 0.3 is 201 Å². The van der Waals surface area contributed by atoms with E-state index in [0.717, 1.165) is 15.9 Å². The Labute approximate surface area is 200 Å². The first-order valence-corrected chi connectivity index (χ1v) is 15.8. The fraction of sp³-hybridized carbons (Fsp3) is 0.346. The zero-order valence-electron chi connectivity index (χ0n) is 20.1. The SMILES string of the molecule is CCC(C(=O)Nc1nc([As](C)C)n(-c2ccccc2)c1C(=O)OC(C)(C)C)c1ccccc1. The number of carbonyl (C=O) groups excluding carboxylic acids is 2. The van der Waals surface area contributed by atoms with Crippen molar-refractivity contribution in [2.24, 2.45) is 0 Å². The van der Waals surface area contributed by atoms with Crippen molar-refractivity contribution >= 4 is 37.0 Å². The van der Waals surface area contributed by atoms with E-state index in [4.69, 9.17) is 9.72 Å². The number of para-hydroxylation sites is 1. The van der Waals surface area contributed by atoms with Crippen LogP contribution in [0.5, 0.6) is 0 Å². The summed E-state index contributed by atoms with van der Waals surface area (Å²) >= 11 is -1.56. The molecule has 1 aromatic heterocycles. The Morgan fingerprint density at radius 3 is 2.12 bits per heavy atom. The van der Waals surface area contributed by atoms with Gasteiger partial charge in [-0.1, -0.05) is 0 Å². The molecule has 0 fully saturated rings. The average molecular weight is 509 g/mol. The van der Waals surface area contributed by atoms with Gasteiger partial charge in [0, 0.05) is 0 Å². The summed E-state index contributed by atoms with van der Waals surface area (Å²) < 4.78 is 8.41. The predicted molar refractivity (Wildman–Crippen MR) is 134 cm³/mol. The molecule has 3 aromatic rings. The van der Waals surface area contributed by atoms with Crippen LogP contribution in [0.25, 0.3) is 5.69 Å². The number of carbonyl (C=O) groups is 2. The Morgan fingerprint density at radius 2 is 1.61 bits per heavy atom. The molecule has 6 nitrogen and oxygen atoms in total. The van der Waals surface area contributed by atoms with Crippen LogP contribution in [0.15, 0.2) is 60.7 Å². The van der Waals surface area contributed by atoms with Gasteiger partial charge in [0.15, 0.2) is 0 Å². The summed E-state index contributed by atoms with van der Waals surface area (Å²) in [5.74, 6) is -0.793. The quantitative estimate of drug-likeness (QED) is 0.363. The van der Waals surface area contributed by atoms with Crippen molar-refractivity contribution in [2.75, 3.05) is 5.32 Å². The number of ether oxygens (including phenoxy) is 1. The fourth-order valence-corrected chi connectivity index (χ4v) is 5.51. The topological polar surface area (TPSA) is 73.2 Å². The molecular formula is C26H32AsN3O3. The van der Waals surface area contributed by atoms with Gasteiger partial charge in [-0.15, -0.1) is 0 Å². The van der Waals surface area contributed by atoms with E-state index in [-0.39, 0.29) is 23.3 Å². The molecule has 7 heteroatoms. The van der Waals surface area contributed by atoms with Crippen LogP contribution in [0.2, 0.25) is 11.4 Å². The second-order valence-corrected chi connectivity index (χ2v) is 13.6. The molecule has 0 aliphatic heterocycles. The van der Waals surface area contributed by atoms with Gasteiger partial charge in [0.25, 0.3) is 0 Å². The van der Waals surface area contributed by atoms with Crippen LogP contribution >= 0.6 is 0 Å². The molecular weight excluding hydrogens is 477 g/mol. The third kappa shape index (κ3) is 5.94. The molecule has 1 heterocycles. The first-order chi connectivity index (χ1) is 15.6. The van der Waals surface area contributed by atoms with Crippen LogP contribution in [-0.4, -0.2) is 41.7 Å². The van der Waals surface area contributed by atoms with Gasteiger partial charge < -0.3 is 0 Å². The number of benzene rings is 2. The molecule has 2 aromatic carbocycles. The summed E-state index contributed by atoms with van der Waals surface area (Å²) in [7, 11) is 0. The second kappa shape index (κ2) is 10.4. The molecule has 1 atom stereocenters. The number of nitrogens with one attached hydrogen (secondary N) is 1. The Balaban J connectivity index is 2.12. The second-order valence-electron chi connectivity index (χ2n) is 9.04. The van der Waals surface area contributed by atoms with Gasteiger partial charge in [0.05, 0.1) is 0 Å². The molecule has 1 N–H and O–H groups in total. The van der Waals surface area contributed by atoms with Crippen molar-refractivity contribution in [3.05, 3.63) is 71.9 Å². The van der Waals surface area contributed by atoms with Crippen LogP contribution in [0.4, 0.5) is 5.82 Å². The van der Waals surface area contributed by atoms with Gasteiger partial charge in [-0.25, -0.2) is 0 Å². The monoisotopic (exact) mass is 509 g/mol. The summed E-state index contributed by atoms with van der Waals surface area (Å²) in [6, 6.07) is 19.3. The Hall–Kier alpha value is -2.85. The summed E-state index contributed by atoms with van der Waals surface area (Å²) in [6.45, 7) is 7.45. The number of anilines is 1. The number of amides is 1. The number of imidazole rings is 1. The van der Waals surface area contributed by atoms with E-state index < -0.39 is 26.2 Å². The number of aromatic nitrogens is 2. The van der Waals surface area contributed by atoms with Crippen LogP contribution < -0.4 is 9.93 Å². The van der Waals surface area contributed by atoms with Crippen molar-refractivity contribution < 1.29 is 14.3 Å². The van der Waals surface area contributed by atoms with Gasteiger partial charge in [0.1, 0.15) is 0 Å². The minimum atomic E-state index is -1.56. The van der Waals surface area contributed by atoms with E-state index in [1.807, 2.05) is 92.9 Å². The summed E-state index contributed by atoms with van der Waals surface area (Å²) in [4.78, 5) is 31.5. The number of nitrogens with zero attached hydrogens (tertiary/aromatic N) is 2. The molecule has 3 rings (SSSR count). The first kappa shape index (κ1) is 24.8. The summed E-state index contributed by atoms with van der Waals surface area (Å²) in [6.07, 6.45) is 0.628. The molecule has 0 aliphatic rings. The van der Waals surface area contributed by atoms with Crippen LogP contribution in [0.3, 0.4) is 0 Å². The van der Waals surface area contributed by atoms with Crippen molar-refractivity contribution in [3.63, 3.8) is 0 Å². The van der Waals surface area contributed by atoms with Gasteiger partial charge in [0.2, 0.25) is 0 Å². The Morgan fingerprint density at radius 1 is 1.03 bits per heavy atom. The molecule has 0 bridgehead atoms. The normalized spacial score (nSPS) is 12.5. The molecule has 0 saturated carbocycles. The predicted octanol–water partition coefficient (Wildman–Crippen LogP) is 4.92. The zero-order chi connectivity index (χ0) is 24.2. The third-order valence-corrected chi connectivity index (χ3v) is 7.34. The average Bonchev–Trinajstić information content (AvgIpc) is 3.14. The molecule has 33 heavy (non-hydrogen) atoms. The number of rotatable bonds is 7. The van der Waals surface area contributed by atoms with Crippen LogP contribution in [0.1, 0.15) is 56.1 Å². The van der Waals surface area contributed by atoms with E-state index >= 15 is 0 Å². The van der Waals surface area contributed by atoms with Crippen LogP contribution in [0, 0.1) is 0 Å². The minimum absolute atomic E-state index is 0.191. The Bertz CT molecular complexity index is 1100. The number of hydrogen-bond acceptors (Lipinski definition) is 4. The summed E-state index contributed by atoms with van der Waals surface area (Å²) in [5.41, 5.74) is 5.62. The maximum atomic E-state index is 13.4. The molecule has 0 aliphatic carbocycles. The Kier molecular flexibility index (Phi) is 7.80. The zero-order valence-corrected chi connectivity index (χ0v) is 22.0. The molecule has 174 valence electrons. The van der Waals surface area contributed by atoms with Gasteiger partial charge in [-0.05, 0) is 0 Å². The van der Waals surface area contributed by atoms with Crippen molar-refractivity contribution in [3.8, 4) is 5.69 Å². The van der Waals surface area contributed by atoms with Gasteiger partial charge in [-0.2, -0.15) is 0 Å². The fourth-order valence-electron chi connectivity index (χ4n) is 3.59. The molecule has 1 amide bonds.